The fourth-order valence-electron chi connectivity index (χ4n) is 3.00. The van der Waals surface area contributed by atoms with Crippen molar-refractivity contribution in [3.8, 4) is 0 Å². The van der Waals surface area contributed by atoms with Gasteiger partial charge in [-0.3, -0.25) is 0 Å². The van der Waals surface area contributed by atoms with E-state index < -0.39 is 0 Å². The second kappa shape index (κ2) is 6.95. The lowest BCUT2D eigenvalue weighted by atomic mass is 9.90. The minimum atomic E-state index is 0.602. The van der Waals surface area contributed by atoms with Crippen LogP contribution >= 0.6 is 0 Å². The molecule has 1 N–H and O–H groups in total. The van der Waals surface area contributed by atoms with E-state index in [0.717, 1.165) is 18.7 Å². The van der Waals surface area contributed by atoms with Crippen LogP contribution in [0.3, 0.4) is 0 Å². The van der Waals surface area contributed by atoms with Gasteiger partial charge in [-0.05, 0) is 55.2 Å². The molecule has 22 heavy (non-hydrogen) atoms. The van der Waals surface area contributed by atoms with E-state index in [0.29, 0.717) is 18.4 Å². The van der Waals surface area contributed by atoms with Gasteiger partial charge in [0.15, 0.2) is 5.82 Å². The second-order valence-corrected chi connectivity index (χ2v) is 6.54. The monoisotopic (exact) mass is 299 g/mol. The van der Waals surface area contributed by atoms with Crippen molar-refractivity contribution in [3.63, 3.8) is 0 Å². The summed E-state index contributed by atoms with van der Waals surface area (Å²) in [5.74, 6) is 2.16. The Balaban J connectivity index is 1.61. The number of hydrogen-bond donors (Lipinski definition) is 1. The van der Waals surface area contributed by atoms with Crippen LogP contribution in [0.15, 0.2) is 22.7 Å². The van der Waals surface area contributed by atoms with E-state index in [1.54, 1.807) is 0 Å². The van der Waals surface area contributed by atoms with Crippen molar-refractivity contribution in [2.75, 3.05) is 5.32 Å². The summed E-state index contributed by atoms with van der Waals surface area (Å²) >= 11 is 0. The molecule has 0 fully saturated rings. The Hall–Kier alpha value is -1.84. The van der Waals surface area contributed by atoms with Crippen LogP contribution in [0.1, 0.15) is 56.0 Å². The normalized spacial score (nSPS) is 14.1. The first-order chi connectivity index (χ1) is 10.7. The van der Waals surface area contributed by atoms with Gasteiger partial charge >= 0.3 is 0 Å². The van der Waals surface area contributed by atoms with Crippen LogP contribution in [0, 0.1) is 5.92 Å². The zero-order valence-corrected chi connectivity index (χ0v) is 13.6. The standard InChI is InChI=1S/C18H25N3O/c1-13(2)10-11-17-20-18(22-21-17)12-19-16-9-5-7-14-6-3-4-8-15(14)16/h5,7,9,13,19H,3-4,6,8,10-12H2,1-2H3. The van der Waals surface area contributed by atoms with Crippen molar-refractivity contribution in [1.82, 2.24) is 10.1 Å². The number of aryl methyl sites for hydroxylation is 2. The number of aromatic nitrogens is 2. The molecule has 2 aromatic rings. The average Bonchev–Trinajstić information content (AvgIpc) is 2.99. The maximum absolute atomic E-state index is 5.34. The lowest BCUT2D eigenvalue weighted by Gasteiger charge is -2.19. The first-order valence-electron chi connectivity index (χ1n) is 8.38. The van der Waals surface area contributed by atoms with Gasteiger partial charge in [-0.15, -0.1) is 0 Å². The van der Waals surface area contributed by atoms with Crippen molar-refractivity contribution in [2.45, 2.75) is 58.9 Å². The fraction of sp³-hybridized carbons (Fsp3) is 0.556. The van der Waals surface area contributed by atoms with Gasteiger partial charge < -0.3 is 9.84 Å². The minimum Gasteiger partial charge on any atom is -0.376 e. The third-order valence-corrected chi connectivity index (χ3v) is 4.28. The molecule has 118 valence electrons. The lowest BCUT2D eigenvalue weighted by Crippen LogP contribution is -2.08. The predicted molar refractivity (Wildman–Crippen MR) is 87.9 cm³/mol. The highest BCUT2D eigenvalue weighted by Gasteiger charge is 2.13. The number of anilines is 1. The van der Waals surface area contributed by atoms with E-state index in [1.165, 1.54) is 42.5 Å². The number of rotatable bonds is 6. The quantitative estimate of drug-likeness (QED) is 0.870. The smallest absolute Gasteiger partial charge is 0.245 e. The first-order valence-corrected chi connectivity index (χ1v) is 8.38. The largest absolute Gasteiger partial charge is 0.376 e. The number of fused-ring (bicyclic) bond motifs is 1. The zero-order chi connectivity index (χ0) is 15.4. The van der Waals surface area contributed by atoms with E-state index >= 15 is 0 Å². The topological polar surface area (TPSA) is 51.0 Å². The van der Waals surface area contributed by atoms with Gasteiger partial charge in [0.2, 0.25) is 5.89 Å². The van der Waals surface area contributed by atoms with Crippen molar-refractivity contribution in [1.29, 1.82) is 0 Å². The van der Waals surface area contributed by atoms with Crippen LogP contribution in [-0.4, -0.2) is 10.1 Å². The Bertz CT molecular complexity index is 619. The molecular formula is C18H25N3O. The Kier molecular flexibility index (Phi) is 4.76. The van der Waals surface area contributed by atoms with Crippen molar-refractivity contribution in [3.05, 3.63) is 41.0 Å². The van der Waals surface area contributed by atoms with Crippen molar-refractivity contribution in [2.24, 2.45) is 5.92 Å². The van der Waals surface area contributed by atoms with Crippen molar-refractivity contribution < 1.29 is 4.52 Å². The molecule has 1 aromatic carbocycles. The molecule has 0 spiro atoms. The molecule has 4 nitrogen and oxygen atoms in total. The summed E-state index contributed by atoms with van der Waals surface area (Å²) in [6.45, 7) is 5.02. The summed E-state index contributed by atoms with van der Waals surface area (Å²) in [6.07, 6.45) is 6.94. The van der Waals surface area contributed by atoms with E-state index in [1.807, 2.05) is 0 Å². The lowest BCUT2D eigenvalue weighted by molar-refractivity contribution is 0.376. The third-order valence-electron chi connectivity index (χ3n) is 4.28. The molecule has 4 heteroatoms. The van der Waals surface area contributed by atoms with Gasteiger partial charge in [-0.2, -0.15) is 4.98 Å². The van der Waals surface area contributed by atoms with Crippen LogP contribution in [-0.2, 0) is 25.8 Å². The zero-order valence-electron chi connectivity index (χ0n) is 13.6. The predicted octanol–water partition coefficient (Wildman–Crippen LogP) is 4.15. The molecule has 0 saturated heterocycles. The molecule has 1 aliphatic carbocycles. The van der Waals surface area contributed by atoms with E-state index in [9.17, 15) is 0 Å². The van der Waals surface area contributed by atoms with Crippen LogP contribution in [0.4, 0.5) is 5.69 Å². The highest BCUT2D eigenvalue weighted by molar-refractivity contribution is 5.55. The van der Waals surface area contributed by atoms with Crippen LogP contribution in [0.25, 0.3) is 0 Å². The molecule has 0 atom stereocenters. The number of benzene rings is 1. The second-order valence-electron chi connectivity index (χ2n) is 6.54. The van der Waals surface area contributed by atoms with Crippen molar-refractivity contribution >= 4 is 5.69 Å². The molecule has 1 aliphatic rings. The minimum absolute atomic E-state index is 0.602. The number of nitrogens with zero attached hydrogens (tertiary/aromatic N) is 2. The summed E-state index contributed by atoms with van der Waals surface area (Å²) in [5.41, 5.74) is 4.17. The summed E-state index contributed by atoms with van der Waals surface area (Å²) in [5, 5.41) is 7.53. The summed E-state index contributed by atoms with van der Waals surface area (Å²) < 4.78 is 5.34. The SMILES string of the molecule is CC(C)CCc1noc(CNc2cccc3c2CCCC3)n1. The van der Waals surface area contributed by atoms with Crippen LogP contribution in [0.2, 0.25) is 0 Å². The van der Waals surface area contributed by atoms with Gasteiger partial charge in [0.1, 0.15) is 0 Å². The molecule has 3 rings (SSSR count). The maximum atomic E-state index is 5.34. The Morgan fingerprint density at radius 2 is 2.09 bits per heavy atom. The highest BCUT2D eigenvalue weighted by Crippen LogP contribution is 2.28. The summed E-state index contributed by atoms with van der Waals surface area (Å²) in [6, 6.07) is 6.53. The third kappa shape index (κ3) is 3.67. The Morgan fingerprint density at radius 1 is 1.23 bits per heavy atom. The molecule has 1 heterocycles. The van der Waals surface area contributed by atoms with Gasteiger partial charge in [0.25, 0.3) is 0 Å². The fourth-order valence-corrected chi connectivity index (χ4v) is 3.00. The maximum Gasteiger partial charge on any atom is 0.245 e. The summed E-state index contributed by atoms with van der Waals surface area (Å²) in [4.78, 5) is 4.47. The molecule has 0 aliphatic heterocycles. The number of nitrogens with one attached hydrogen (secondary N) is 1. The van der Waals surface area contributed by atoms with Gasteiger partial charge in [0.05, 0.1) is 6.54 Å². The molecule has 0 radical (unpaired) electrons. The number of hydrogen-bond acceptors (Lipinski definition) is 4. The van der Waals surface area contributed by atoms with Gasteiger partial charge in [-0.25, -0.2) is 0 Å². The molecular weight excluding hydrogens is 274 g/mol. The van der Waals surface area contributed by atoms with Gasteiger partial charge in [0, 0.05) is 12.1 Å². The highest BCUT2D eigenvalue weighted by atomic mass is 16.5. The molecule has 0 saturated carbocycles. The Morgan fingerprint density at radius 3 is 2.95 bits per heavy atom. The van der Waals surface area contributed by atoms with E-state index in [2.05, 4.69) is 47.5 Å². The molecule has 0 amide bonds. The molecule has 0 unspecified atom stereocenters. The molecule has 1 aromatic heterocycles. The molecule has 0 bridgehead atoms. The van der Waals surface area contributed by atoms with E-state index in [-0.39, 0.29) is 0 Å². The van der Waals surface area contributed by atoms with Gasteiger partial charge in [-0.1, -0.05) is 31.1 Å². The summed E-state index contributed by atoms with van der Waals surface area (Å²) in [7, 11) is 0. The van der Waals surface area contributed by atoms with Crippen LogP contribution in [0.5, 0.6) is 0 Å². The average molecular weight is 299 g/mol. The first kappa shape index (κ1) is 15.1. The van der Waals surface area contributed by atoms with Crippen LogP contribution < -0.4 is 5.32 Å². The Labute approximate surface area is 132 Å². The van der Waals surface area contributed by atoms with E-state index in [4.69, 9.17) is 4.52 Å².